The third kappa shape index (κ3) is 4.12. The van der Waals surface area contributed by atoms with Crippen molar-refractivity contribution in [1.29, 1.82) is 0 Å². The van der Waals surface area contributed by atoms with Crippen LogP contribution in [-0.4, -0.2) is 62.6 Å². The van der Waals surface area contributed by atoms with E-state index in [1.54, 1.807) is 18.2 Å². The van der Waals surface area contributed by atoms with E-state index in [-0.39, 0.29) is 43.9 Å². The van der Waals surface area contributed by atoms with Crippen molar-refractivity contribution in [1.82, 2.24) is 10.4 Å². The lowest BCUT2D eigenvalue weighted by Crippen LogP contribution is -2.45. The first-order valence-electron chi connectivity index (χ1n) is 9.63. The van der Waals surface area contributed by atoms with Gasteiger partial charge in [0.05, 0.1) is 18.1 Å². The molecule has 1 aromatic rings. The molecule has 30 heavy (non-hydrogen) atoms. The number of aliphatic carboxylic acids is 1. The average Bonchev–Trinajstić information content (AvgIpc) is 3.25. The van der Waals surface area contributed by atoms with Gasteiger partial charge in [0.2, 0.25) is 6.04 Å². The summed E-state index contributed by atoms with van der Waals surface area (Å²) < 4.78 is 0. The number of hydrogen-bond donors (Lipinski definition) is 3. The molecule has 1 saturated carbocycles. The number of hydroxylamine groups is 1. The van der Waals surface area contributed by atoms with E-state index in [0.717, 1.165) is 0 Å². The summed E-state index contributed by atoms with van der Waals surface area (Å²) in [6, 6.07) is 5.54. The van der Waals surface area contributed by atoms with E-state index in [9.17, 15) is 29.6 Å². The Morgan fingerprint density at radius 2 is 2.03 bits per heavy atom. The fraction of sp³-hybridized carbons (Fsp3) is 0.526. The Balaban J connectivity index is 1.47. The topological polar surface area (TPSA) is 159 Å². The Hall–Kier alpha value is -3.05. The second kappa shape index (κ2) is 8.76. The first kappa shape index (κ1) is 21.7. The van der Waals surface area contributed by atoms with Crippen molar-refractivity contribution in [3.05, 3.63) is 45.5 Å². The minimum Gasteiger partial charge on any atom is -0.481 e. The highest BCUT2D eigenvalue weighted by Gasteiger charge is 2.71. The summed E-state index contributed by atoms with van der Waals surface area (Å²) in [7, 11) is 0. The number of nitrogens with one attached hydrogen (secondary N) is 1. The van der Waals surface area contributed by atoms with Gasteiger partial charge in [-0.1, -0.05) is 18.2 Å². The van der Waals surface area contributed by atoms with E-state index in [4.69, 9.17) is 9.94 Å². The minimum absolute atomic E-state index is 0.0423. The summed E-state index contributed by atoms with van der Waals surface area (Å²) in [6.45, 7) is 0.640. The molecule has 1 aromatic carbocycles. The van der Waals surface area contributed by atoms with Gasteiger partial charge in [-0.05, 0) is 24.5 Å². The summed E-state index contributed by atoms with van der Waals surface area (Å²) in [5, 5.41) is 29.7. The van der Waals surface area contributed by atoms with Crippen molar-refractivity contribution in [3.8, 4) is 0 Å². The van der Waals surface area contributed by atoms with Crippen LogP contribution in [-0.2, 0) is 21.0 Å². The van der Waals surface area contributed by atoms with Crippen LogP contribution < -0.4 is 5.48 Å². The fourth-order valence-corrected chi connectivity index (χ4v) is 4.23. The number of carbonyl (C=O) groups excluding carboxylic acids is 1. The molecule has 1 amide bonds. The van der Waals surface area contributed by atoms with Crippen LogP contribution >= 0.6 is 0 Å². The molecule has 1 aliphatic carbocycles. The maximum absolute atomic E-state index is 12.4. The molecule has 2 aliphatic rings. The Labute approximate surface area is 171 Å². The molecule has 11 nitrogen and oxygen atoms in total. The van der Waals surface area contributed by atoms with Gasteiger partial charge >= 0.3 is 11.9 Å². The highest BCUT2D eigenvalue weighted by Crippen LogP contribution is 2.50. The number of aromatic carboxylic acids is 1. The van der Waals surface area contributed by atoms with Gasteiger partial charge in [-0.2, -0.15) is 0 Å². The quantitative estimate of drug-likeness (QED) is 0.216. The van der Waals surface area contributed by atoms with Crippen LogP contribution in [0.3, 0.4) is 0 Å². The van der Waals surface area contributed by atoms with E-state index < -0.39 is 34.4 Å². The van der Waals surface area contributed by atoms with Gasteiger partial charge in [0.15, 0.2) is 0 Å². The van der Waals surface area contributed by atoms with Crippen LogP contribution in [0.15, 0.2) is 24.3 Å². The van der Waals surface area contributed by atoms with E-state index in [0.29, 0.717) is 18.5 Å². The molecule has 162 valence electrons. The molecular formula is C19H23N3O8. The highest BCUT2D eigenvalue weighted by molar-refractivity contribution is 6.06. The Morgan fingerprint density at radius 3 is 2.70 bits per heavy atom. The number of carboxylic acids is 2. The molecule has 3 atom stereocenters. The number of nitro groups is 1. The molecule has 1 spiro atoms. The summed E-state index contributed by atoms with van der Waals surface area (Å²) >= 11 is 0. The Bertz CT molecular complexity index is 860. The van der Waals surface area contributed by atoms with Gasteiger partial charge in [-0.25, -0.2) is 10.3 Å². The second-order valence-electron chi connectivity index (χ2n) is 7.49. The maximum Gasteiger partial charge on any atom is 0.336 e. The summed E-state index contributed by atoms with van der Waals surface area (Å²) in [5.74, 6) is -3.44. The first-order chi connectivity index (χ1) is 14.3. The van der Waals surface area contributed by atoms with Crippen LogP contribution in [0.1, 0.15) is 41.6 Å². The molecule has 2 fully saturated rings. The molecule has 1 aliphatic heterocycles. The zero-order valence-corrected chi connectivity index (χ0v) is 16.2. The lowest BCUT2D eigenvalue weighted by atomic mass is 9.76. The molecule has 0 bridgehead atoms. The van der Waals surface area contributed by atoms with Gasteiger partial charge in [-0.15, -0.1) is 0 Å². The second-order valence-corrected chi connectivity index (χ2v) is 7.49. The van der Waals surface area contributed by atoms with Crippen LogP contribution in [0.25, 0.3) is 0 Å². The standard InChI is InChI=1S/C19H23N3O8/c23-16(24)14-5-2-1-4-12(14)11-30-20-8-3-9-21-18(27)19(21)10-13(22(28)29)6-7-15(19)17(25)26/h1-2,4-5,13,15,20H,3,6-11H2,(H,23,24)(H,25,26). The van der Waals surface area contributed by atoms with E-state index >= 15 is 0 Å². The zero-order valence-electron chi connectivity index (χ0n) is 16.2. The van der Waals surface area contributed by atoms with Crippen LogP contribution in [0, 0.1) is 16.0 Å². The van der Waals surface area contributed by atoms with E-state index in [2.05, 4.69) is 5.48 Å². The van der Waals surface area contributed by atoms with Gasteiger partial charge in [0.1, 0.15) is 5.54 Å². The fourth-order valence-electron chi connectivity index (χ4n) is 4.23. The van der Waals surface area contributed by atoms with Crippen molar-refractivity contribution in [3.63, 3.8) is 0 Å². The molecule has 1 heterocycles. The molecule has 3 unspecified atom stereocenters. The third-order valence-electron chi connectivity index (χ3n) is 5.79. The molecule has 1 saturated heterocycles. The van der Waals surface area contributed by atoms with Crippen molar-refractivity contribution >= 4 is 17.8 Å². The molecule has 0 radical (unpaired) electrons. The number of carbonyl (C=O) groups is 3. The van der Waals surface area contributed by atoms with Gasteiger partial charge in [0.25, 0.3) is 5.91 Å². The lowest BCUT2D eigenvalue weighted by molar-refractivity contribution is -0.528. The van der Waals surface area contributed by atoms with Crippen molar-refractivity contribution in [2.24, 2.45) is 5.92 Å². The van der Waals surface area contributed by atoms with Crippen LogP contribution in [0.2, 0.25) is 0 Å². The largest absolute Gasteiger partial charge is 0.481 e. The zero-order chi connectivity index (χ0) is 21.9. The van der Waals surface area contributed by atoms with E-state index in [1.165, 1.54) is 11.0 Å². The highest BCUT2D eigenvalue weighted by atomic mass is 16.6. The summed E-state index contributed by atoms with van der Waals surface area (Å²) in [5.41, 5.74) is 2.08. The number of carboxylic acid groups (broad SMARTS) is 2. The van der Waals surface area contributed by atoms with Crippen LogP contribution in [0.4, 0.5) is 0 Å². The minimum atomic E-state index is -1.27. The monoisotopic (exact) mass is 421 g/mol. The predicted octanol–water partition coefficient (Wildman–Crippen LogP) is 0.907. The summed E-state index contributed by atoms with van der Waals surface area (Å²) in [6.07, 6.45) is 0.628. The Kier molecular flexibility index (Phi) is 6.32. The molecule has 3 N–H and O–H groups in total. The first-order valence-corrected chi connectivity index (χ1v) is 9.63. The molecule has 0 aromatic heterocycles. The van der Waals surface area contributed by atoms with Gasteiger partial charge < -0.3 is 15.1 Å². The predicted molar refractivity (Wildman–Crippen MR) is 101 cm³/mol. The number of rotatable bonds is 10. The number of hydrogen-bond acceptors (Lipinski definition) is 7. The number of benzene rings is 1. The molecular weight excluding hydrogens is 398 g/mol. The molecule has 3 rings (SSSR count). The smallest absolute Gasteiger partial charge is 0.336 e. The van der Waals surface area contributed by atoms with Crippen molar-refractivity contribution in [2.75, 3.05) is 13.1 Å². The molecule has 11 heteroatoms. The number of amides is 1. The van der Waals surface area contributed by atoms with Gasteiger partial charge in [-0.3, -0.25) is 24.5 Å². The summed E-state index contributed by atoms with van der Waals surface area (Å²) in [4.78, 5) is 52.6. The number of nitrogens with zero attached hydrogens (tertiary/aromatic N) is 2. The normalized spacial score (nSPS) is 25.3. The SMILES string of the molecule is O=C(O)c1ccccc1CONCCCN1C(=O)C12CC([N+](=O)[O-])CCC2C(=O)O. The van der Waals surface area contributed by atoms with Gasteiger partial charge in [0, 0.05) is 30.9 Å². The Morgan fingerprint density at radius 1 is 1.30 bits per heavy atom. The van der Waals surface area contributed by atoms with Crippen LogP contribution in [0.5, 0.6) is 0 Å². The maximum atomic E-state index is 12.4. The average molecular weight is 421 g/mol. The van der Waals surface area contributed by atoms with E-state index in [1.807, 2.05) is 0 Å². The third-order valence-corrected chi connectivity index (χ3v) is 5.79. The lowest BCUT2D eigenvalue weighted by Gasteiger charge is -2.29. The van der Waals surface area contributed by atoms with Crippen molar-refractivity contribution < 1.29 is 34.4 Å². The van der Waals surface area contributed by atoms with Crippen molar-refractivity contribution in [2.45, 2.75) is 43.9 Å².